The van der Waals surface area contributed by atoms with Crippen molar-refractivity contribution >= 4 is 23.3 Å². The molecule has 0 bridgehead atoms. The van der Waals surface area contributed by atoms with Gasteiger partial charge in [-0.2, -0.15) is 13.2 Å². The van der Waals surface area contributed by atoms with Crippen molar-refractivity contribution in [3.63, 3.8) is 0 Å². The number of amides is 1. The molecular weight excluding hydrogens is 453 g/mol. The van der Waals surface area contributed by atoms with Crippen LogP contribution in [0.5, 0.6) is 0 Å². The van der Waals surface area contributed by atoms with Crippen LogP contribution in [0.2, 0.25) is 5.02 Å². The number of rotatable bonds is 7. The molecule has 2 heterocycles. The predicted octanol–water partition coefficient (Wildman–Crippen LogP) is 4.95. The number of carbonyl (C=O) groups is 1. The summed E-state index contributed by atoms with van der Waals surface area (Å²) in [4.78, 5) is 20.7. The van der Waals surface area contributed by atoms with Gasteiger partial charge in [-0.15, -0.1) is 0 Å². The topological polar surface area (TPSA) is 48.5 Å². The summed E-state index contributed by atoms with van der Waals surface area (Å²) in [6, 6.07) is 9.41. The van der Waals surface area contributed by atoms with Crippen molar-refractivity contribution in [2.45, 2.75) is 38.4 Å². The van der Waals surface area contributed by atoms with Crippen LogP contribution in [-0.2, 0) is 17.4 Å². The molecule has 0 radical (unpaired) electrons. The van der Waals surface area contributed by atoms with Gasteiger partial charge in [0.15, 0.2) is 0 Å². The average molecular weight is 483 g/mol. The van der Waals surface area contributed by atoms with E-state index in [0.29, 0.717) is 38.3 Å². The molecule has 0 aliphatic carbocycles. The molecule has 5 nitrogen and oxygen atoms in total. The zero-order valence-corrected chi connectivity index (χ0v) is 19.9. The average Bonchev–Trinajstić information content (AvgIpc) is 2.78. The number of anilines is 1. The van der Waals surface area contributed by atoms with Gasteiger partial charge in [0, 0.05) is 31.7 Å². The summed E-state index contributed by atoms with van der Waals surface area (Å²) >= 11 is 6.07. The fourth-order valence-electron chi connectivity index (χ4n) is 4.09. The van der Waals surface area contributed by atoms with Crippen LogP contribution in [-0.4, -0.2) is 49.5 Å². The Morgan fingerprint density at radius 3 is 2.39 bits per heavy atom. The first kappa shape index (κ1) is 25.3. The molecule has 1 N–H and O–H groups in total. The highest BCUT2D eigenvalue weighted by atomic mass is 35.5. The second-order valence-corrected chi connectivity index (χ2v) is 9.02. The number of aromatic nitrogens is 1. The third kappa shape index (κ3) is 6.38. The van der Waals surface area contributed by atoms with E-state index in [1.807, 2.05) is 19.0 Å². The van der Waals surface area contributed by atoms with Gasteiger partial charge in [-0.25, -0.2) is 4.98 Å². The summed E-state index contributed by atoms with van der Waals surface area (Å²) in [5, 5.41) is 3.05. The first-order valence-electron chi connectivity index (χ1n) is 11.1. The molecule has 1 saturated heterocycles. The Morgan fingerprint density at radius 1 is 1.24 bits per heavy atom. The minimum absolute atomic E-state index is 0.00171. The number of hydrogen-bond acceptors (Lipinski definition) is 4. The largest absolute Gasteiger partial charge is 0.417 e. The van der Waals surface area contributed by atoms with Gasteiger partial charge in [-0.05, 0) is 50.6 Å². The van der Waals surface area contributed by atoms with E-state index in [9.17, 15) is 18.0 Å². The van der Waals surface area contributed by atoms with Gasteiger partial charge in [-0.3, -0.25) is 4.79 Å². The molecule has 1 aliphatic heterocycles. The minimum atomic E-state index is -4.48. The monoisotopic (exact) mass is 482 g/mol. The fraction of sp³-hybridized carbons (Fsp3) is 0.500. The number of nitrogens with one attached hydrogen (secondary N) is 1. The molecule has 0 saturated carbocycles. The van der Waals surface area contributed by atoms with Gasteiger partial charge in [0.25, 0.3) is 0 Å². The van der Waals surface area contributed by atoms with Crippen LogP contribution in [0, 0.1) is 5.92 Å². The Labute approximate surface area is 197 Å². The van der Waals surface area contributed by atoms with E-state index in [-0.39, 0.29) is 22.9 Å². The lowest BCUT2D eigenvalue weighted by molar-refractivity contribution is -0.137. The number of halogens is 4. The van der Waals surface area contributed by atoms with Gasteiger partial charge in [0.2, 0.25) is 5.91 Å². The number of likely N-dealkylation sites (N-methyl/N-ethyl adjacent to an activating group) is 1. The third-order valence-corrected chi connectivity index (χ3v) is 6.46. The predicted molar refractivity (Wildman–Crippen MR) is 124 cm³/mol. The van der Waals surface area contributed by atoms with Gasteiger partial charge in [-0.1, -0.05) is 42.8 Å². The number of piperidine rings is 1. The molecule has 1 aromatic heterocycles. The number of carbonyl (C=O) groups excluding carboxylic acids is 1. The summed E-state index contributed by atoms with van der Waals surface area (Å²) in [6.07, 6.45) is -1.53. The molecule has 180 valence electrons. The van der Waals surface area contributed by atoms with Gasteiger partial charge < -0.3 is 15.1 Å². The van der Waals surface area contributed by atoms with E-state index in [4.69, 9.17) is 11.6 Å². The first-order chi connectivity index (χ1) is 15.6. The van der Waals surface area contributed by atoms with Gasteiger partial charge >= 0.3 is 6.18 Å². The zero-order chi connectivity index (χ0) is 24.2. The maximum absolute atomic E-state index is 12.8. The SMILES string of the molecule is CCc1ccc(C(CNC(=O)C2CCN(c3ncc(C(F)(F)F)cc3Cl)CC2)N(C)C)cc1. The van der Waals surface area contributed by atoms with E-state index in [1.54, 1.807) is 0 Å². The van der Waals surface area contributed by atoms with E-state index >= 15 is 0 Å². The minimum Gasteiger partial charge on any atom is -0.355 e. The van der Waals surface area contributed by atoms with Crippen molar-refractivity contribution in [2.75, 3.05) is 38.6 Å². The third-order valence-electron chi connectivity index (χ3n) is 6.18. The normalized spacial score (nSPS) is 16.2. The van der Waals surface area contributed by atoms with Crippen molar-refractivity contribution in [3.05, 3.63) is 58.2 Å². The maximum atomic E-state index is 12.8. The van der Waals surface area contributed by atoms with Crippen LogP contribution in [0.1, 0.15) is 42.5 Å². The molecule has 1 aliphatic rings. The number of aryl methyl sites for hydroxylation is 1. The Morgan fingerprint density at radius 2 is 1.88 bits per heavy atom. The Bertz CT molecular complexity index is 942. The summed E-state index contributed by atoms with van der Waals surface area (Å²) in [7, 11) is 3.98. The first-order valence-corrected chi connectivity index (χ1v) is 11.5. The Kier molecular flexibility index (Phi) is 8.23. The highest BCUT2D eigenvalue weighted by Crippen LogP contribution is 2.34. The fourth-order valence-corrected chi connectivity index (χ4v) is 4.37. The van der Waals surface area contributed by atoms with Crippen LogP contribution in [0.3, 0.4) is 0 Å². The molecular formula is C24H30ClF3N4O. The number of nitrogens with zero attached hydrogens (tertiary/aromatic N) is 3. The van der Waals surface area contributed by atoms with Crippen LogP contribution in [0.15, 0.2) is 36.5 Å². The van der Waals surface area contributed by atoms with E-state index in [0.717, 1.165) is 24.2 Å². The molecule has 1 unspecified atom stereocenters. The number of pyridine rings is 1. The van der Waals surface area contributed by atoms with Crippen LogP contribution in [0.4, 0.5) is 19.0 Å². The van der Waals surface area contributed by atoms with Gasteiger partial charge in [0.05, 0.1) is 16.6 Å². The standard InChI is InChI=1S/C24H30ClF3N4O/c1-4-16-5-7-17(8-6-16)21(31(2)3)15-30-23(33)18-9-11-32(12-10-18)22-20(25)13-19(14-29-22)24(26,27)28/h5-8,13-14,18,21H,4,9-12,15H2,1-3H3,(H,30,33). The molecule has 1 amide bonds. The molecule has 0 spiro atoms. The molecule has 1 atom stereocenters. The molecule has 9 heteroatoms. The summed E-state index contributed by atoms with van der Waals surface area (Å²) in [5.41, 5.74) is 1.55. The molecule has 33 heavy (non-hydrogen) atoms. The van der Waals surface area contributed by atoms with E-state index in [1.165, 1.54) is 5.56 Å². The van der Waals surface area contributed by atoms with Crippen LogP contribution < -0.4 is 10.2 Å². The molecule has 1 fully saturated rings. The number of hydrogen-bond donors (Lipinski definition) is 1. The summed E-state index contributed by atoms with van der Waals surface area (Å²) in [6.45, 7) is 3.63. The lowest BCUT2D eigenvalue weighted by Crippen LogP contribution is -2.43. The van der Waals surface area contributed by atoms with Crippen LogP contribution in [0.25, 0.3) is 0 Å². The maximum Gasteiger partial charge on any atom is 0.417 e. The van der Waals surface area contributed by atoms with Crippen molar-refractivity contribution in [3.8, 4) is 0 Å². The molecule has 3 rings (SSSR count). The number of benzene rings is 1. The van der Waals surface area contributed by atoms with Crippen molar-refractivity contribution < 1.29 is 18.0 Å². The lowest BCUT2D eigenvalue weighted by atomic mass is 9.95. The summed E-state index contributed by atoms with van der Waals surface area (Å²) in [5.74, 6) is 0.171. The molecule has 2 aromatic rings. The van der Waals surface area contributed by atoms with E-state index < -0.39 is 11.7 Å². The summed E-state index contributed by atoms with van der Waals surface area (Å²) < 4.78 is 38.5. The van der Waals surface area contributed by atoms with E-state index in [2.05, 4.69) is 46.4 Å². The highest BCUT2D eigenvalue weighted by Gasteiger charge is 2.33. The van der Waals surface area contributed by atoms with Crippen molar-refractivity contribution in [2.24, 2.45) is 5.92 Å². The van der Waals surface area contributed by atoms with Gasteiger partial charge in [0.1, 0.15) is 5.82 Å². The molecule has 1 aromatic carbocycles. The smallest absolute Gasteiger partial charge is 0.355 e. The Hall–Kier alpha value is -2.32. The second-order valence-electron chi connectivity index (χ2n) is 8.61. The van der Waals surface area contributed by atoms with Crippen molar-refractivity contribution in [1.82, 2.24) is 15.2 Å². The Balaban J connectivity index is 1.55. The number of alkyl halides is 3. The quantitative estimate of drug-likeness (QED) is 0.606. The van der Waals surface area contributed by atoms with Crippen molar-refractivity contribution in [1.29, 1.82) is 0 Å². The highest BCUT2D eigenvalue weighted by molar-refractivity contribution is 6.33. The lowest BCUT2D eigenvalue weighted by Gasteiger charge is -2.33. The zero-order valence-electron chi connectivity index (χ0n) is 19.1. The van der Waals surface area contributed by atoms with Crippen LogP contribution >= 0.6 is 11.6 Å². The second kappa shape index (κ2) is 10.7.